The lowest BCUT2D eigenvalue weighted by Crippen LogP contribution is -2.24. The van der Waals surface area contributed by atoms with Crippen molar-refractivity contribution in [3.05, 3.63) is 35.4 Å². The first-order valence-electron chi connectivity index (χ1n) is 7.19. The van der Waals surface area contributed by atoms with Crippen LogP contribution < -0.4 is 10.6 Å². The second-order valence-electron chi connectivity index (χ2n) is 4.91. The Hall–Kier alpha value is -1.68. The van der Waals surface area contributed by atoms with E-state index >= 15 is 0 Å². The van der Waals surface area contributed by atoms with Gasteiger partial charge in [0.2, 0.25) is 0 Å². The molecule has 0 aromatic heterocycles. The van der Waals surface area contributed by atoms with E-state index in [0.29, 0.717) is 17.7 Å². The molecule has 0 heterocycles. The summed E-state index contributed by atoms with van der Waals surface area (Å²) in [5.41, 5.74) is 1.23. The summed E-state index contributed by atoms with van der Waals surface area (Å²) >= 11 is 0. The molecule has 0 saturated carbocycles. The van der Waals surface area contributed by atoms with Crippen molar-refractivity contribution in [2.75, 3.05) is 20.1 Å². The quantitative estimate of drug-likeness (QED) is 0.543. The predicted molar refractivity (Wildman–Crippen MR) is 87.9 cm³/mol. The SMILES string of the molecule is C.CNCCCCCCNC(=O)c1ccc(C(C)=O)cc1. The molecule has 0 fully saturated rings. The van der Waals surface area contributed by atoms with Crippen LogP contribution in [0.15, 0.2) is 24.3 Å². The van der Waals surface area contributed by atoms with Gasteiger partial charge in [-0.3, -0.25) is 9.59 Å². The van der Waals surface area contributed by atoms with Crippen molar-refractivity contribution >= 4 is 11.7 Å². The summed E-state index contributed by atoms with van der Waals surface area (Å²) in [6.45, 7) is 3.27. The maximum absolute atomic E-state index is 11.9. The highest BCUT2D eigenvalue weighted by Gasteiger charge is 2.05. The fourth-order valence-electron chi connectivity index (χ4n) is 1.94. The number of amides is 1. The summed E-state index contributed by atoms with van der Waals surface area (Å²) in [5, 5.41) is 6.02. The first kappa shape index (κ1) is 19.3. The topological polar surface area (TPSA) is 58.2 Å². The zero-order chi connectivity index (χ0) is 14.8. The van der Waals surface area contributed by atoms with E-state index in [2.05, 4.69) is 10.6 Å². The van der Waals surface area contributed by atoms with Crippen molar-refractivity contribution in [3.63, 3.8) is 0 Å². The van der Waals surface area contributed by atoms with Gasteiger partial charge in [0.05, 0.1) is 0 Å². The normalized spacial score (nSPS) is 9.81. The van der Waals surface area contributed by atoms with E-state index in [1.54, 1.807) is 24.3 Å². The number of carbonyl (C=O) groups excluding carboxylic acids is 2. The van der Waals surface area contributed by atoms with Gasteiger partial charge in [0.25, 0.3) is 5.91 Å². The minimum atomic E-state index is -0.0738. The zero-order valence-corrected chi connectivity index (χ0v) is 12.4. The molecule has 0 radical (unpaired) electrons. The van der Waals surface area contributed by atoms with Crippen LogP contribution in [0.1, 0.15) is 60.7 Å². The van der Waals surface area contributed by atoms with E-state index in [1.165, 1.54) is 19.8 Å². The van der Waals surface area contributed by atoms with Gasteiger partial charge in [0.15, 0.2) is 5.78 Å². The summed E-state index contributed by atoms with van der Waals surface area (Å²) < 4.78 is 0. The Labute approximate surface area is 128 Å². The number of hydrogen-bond donors (Lipinski definition) is 2. The van der Waals surface area contributed by atoms with Gasteiger partial charge in [-0.15, -0.1) is 0 Å². The molecule has 1 aromatic rings. The van der Waals surface area contributed by atoms with Gasteiger partial charge in [-0.25, -0.2) is 0 Å². The molecule has 21 heavy (non-hydrogen) atoms. The summed E-state index contributed by atoms with van der Waals surface area (Å²) in [6, 6.07) is 6.77. The number of benzene rings is 1. The minimum absolute atomic E-state index is 0. The van der Waals surface area contributed by atoms with Crippen LogP contribution in [-0.2, 0) is 0 Å². The number of unbranched alkanes of at least 4 members (excludes halogenated alkanes) is 3. The lowest BCUT2D eigenvalue weighted by atomic mass is 10.1. The molecule has 0 aliphatic carbocycles. The molecule has 4 nitrogen and oxygen atoms in total. The van der Waals surface area contributed by atoms with Gasteiger partial charge in [-0.2, -0.15) is 0 Å². The van der Waals surface area contributed by atoms with Crippen LogP contribution in [0.25, 0.3) is 0 Å². The van der Waals surface area contributed by atoms with Crippen LogP contribution in [0.3, 0.4) is 0 Å². The highest BCUT2D eigenvalue weighted by molar-refractivity contribution is 5.97. The smallest absolute Gasteiger partial charge is 0.251 e. The largest absolute Gasteiger partial charge is 0.352 e. The number of ketones is 1. The van der Waals surface area contributed by atoms with Gasteiger partial charge >= 0.3 is 0 Å². The fraction of sp³-hybridized carbons (Fsp3) is 0.529. The number of rotatable bonds is 9. The molecule has 4 heteroatoms. The van der Waals surface area contributed by atoms with E-state index in [9.17, 15) is 9.59 Å². The molecule has 0 unspecified atom stereocenters. The Morgan fingerprint density at radius 1 is 0.905 bits per heavy atom. The van der Waals surface area contributed by atoms with E-state index in [0.717, 1.165) is 19.4 Å². The second-order valence-corrected chi connectivity index (χ2v) is 4.91. The van der Waals surface area contributed by atoms with Crippen LogP contribution in [0.4, 0.5) is 0 Å². The van der Waals surface area contributed by atoms with Crippen molar-refractivity contribution in [1.82, 2.24) is 10.6 Å². The van der Waals surface area contributed by atoms with Crippen LogP contribution in [0.5, 0.6) is 0 Å². The van der Waals surface area contributed by atoms with Crippen LogP contribution in [-0.4, -0.2) is 31.8 Å². The Bertz CT molecular complexity index is 427. The van der Waals surface area contributed by atoms with Crippen molar-refractivity contribution in [3.8, 4) is 0 Å². The van der Waals surface area contributed by atoms with Crippen LogP contribution in [0, 0.1) is 0 Å². The third-order valence-electron chi connectivity index (χ3n) is 3.19. The van der Waals surface area contributed by atoms with E-state index in [4.69, 9.17) is 0 Å². The van der Waals surface area contributed by atoms with Crippen LogP contribution in [0.2, 0.25) is 0 Å². The maximum atomic E-state index is 11.9. The molecule has 0 bridgehead atoms. The van der Waals surface area contributed by atoms with Crippen LogP contribution >= 0.6 is 0 Å². The van der Waals surface area contributed by atoms with E-state index in [1.807, 2.05) is 7.05 Å². The highest BCUT2D eigenvalue weighted by Crippen LogP contribution is 2.05. The monoisotopic (exact) mass is 292 g/mol. The molecule has 1 aromatic carbocycles. The third kappa shape index (κ3) is 7.61. The standard InChI is InChI=1S/C16H24N2O2.CH4/c1-13(19)14-7-9-15(10-8-14)16(20)18-12-6-4-3-5-11-17-2;/h7-10,17H,3-6,11-12H2,1-2H3,(H,18,20);1H4. The number of Topliss-reactive ketones (excluding diaryl/α,β-unsaturated/α-hetero) is 1. The highest BCUT2D eigenvalue weighted by atomic mass is 16.1. The Kier molecular flexibility index (Phi) is 10.1. The molecule has 0 saturated heterocycles. The Morgan fingerprint density at radius 3 is 1.95 bits per heavy atom. The van der Waals surface area contributed by atoms with Crippen molar-refractivity contribution in [2.45, 2.75) is 40.0 Å². The summed E-state index contributed by atoms with van der Waals surface area (Å²) in [4.78, 5) is 23.0. The lowest BCUT2D eigenvalue weighted by Gasteiger charge is -2.06. The van der Waals surface area contributed by atoms with E-state index in [-0.39, 0.29) is 19.1 Å². The molecule has 1 amide bonds. The molecular formula is C17H28N2O2. The molecule has 118 valence electrons. The summed E-state index contributed by atoms with van der Waals surface area (Å²) in [7, 11) is 1.96. The van der Waals surface area contributed by atoms with Crippen molar-refractivity contribution in [2.24, 2.45) is 0 Å². The molecule has 1 rings (SSSR count). The lowest BCUT2D eigenvalue weighted by molar-refractivity contribution is 0.0950. The molecule has 0 spiro atoms. The molecule has 0 atom stereocenters. The Morgan fingerprint density at radius 2 is 1.43 bits per heavy atom. The molecule has 0 aliphatic rings. The number of nitrogens with one attached hydrogen (secondary N) is 2. The average molecular weight is 292 g/mol. The fourth-order valence-corrected chi connectivity index (χ4v) is 1.94. The summed E-state index contributed by atoms with van der Waals surface area (Å²) in [5.74, 6) is -0.0612. The molecule has 0 aliphatic heterocycles. The molecule has 2 N–H and O–H groups in total. The van der Waals surface area contributed by atoms with E-state index < -0.39 is 0 Å². The maximum Gasteiger partial charge on any atom is 0.251 e. The number of carbonyl (C=O) groups is 2. The predicted octanol–water partition coefficient (Wildman–Crippen LogP) is 3.03. The third-order valence-corrected chi connectivity index (χ3v) is 3.19. The van der Waals surface area contributed by atoms with Gasteiger partial charge in [-0.1, -0.05) is 32.4 Å². The van der Waals surface area contributed by atoms with Gasteiger partial charge < -0.3 is 10.6 Å². The average Bonchev–Trinajstić information content (AvgIpc) is 2.46. The molecular weight excluding hydrogens is 264 g/mol. The summed E-state index contributed by atoms with van der Waals surface area (Å²) in [6.07, 6.45) is 4.49. The number of hydrogen-bond acceptors (Lipinski definition) is 3. The van der Waals surface area contributed by atoms with Crippen molar-refractivity contribution in [1.29, 1.82) is 0 Å². The minimum Gasteiger partial charge on any atom is -0.352 e. The first-order chi connectivity index (χ1) is 9.65. The zero-order valence-electron chi connectivity index (χ0n) is 12.4. The van der Waals surface area contributed by atoms with Gasteiger partial charge in [0.1, 0.15) is 0 Å². The first-order valence-corrected chi connectivity index (χ1v) is 7.19. The Balaban J connectivity index is 0.00000400. The van der Waals surface area contributed by atoms with Crippen molar-refractivity contribution < 1.29 is 9.59 Å². The van der Waals surface area contributed by atoms with Gasteiger partial charge in [-0.05, 0) is 45.5 Å². The second kappa shape index (κ2) is 11.0. The van der Waals surface area contributed by atoms with Gasteiger partial charge in [0, 0.05) is 17.7 Å².